The number of amides is 1. The Hall–Kier alpha value is -2.13. The molecule has 0 spiro atoms. The van der Waals surface area contributed by atoms with Crippen LogP contribution in [0.4, 0.5) is 0 Å². The second kappa shape index (κ2) is 7.04. The largest absolute Gasteiger partial charge is 0.396 e. The molecule has 0 radical (unpaired) electrons. The minimum absolute atomic E-state index is 0.0258. The van der Waals surface area contributed by atoms with Gasteiger partial charge in [0.05, 0.1) is 0 Å². The van der Waals surface area contributed by atoms with E-state index in [9.17, 15) is 4.79 Å². The van der Waals surface area contributed by atoms with Crippen molar-refractivity contribution in [2.75, 3.05) is 6.61 Å². The van der Waals surface area contributed by atoms with Crippen LogP contribution in [0.15, 0.2) is 54.6 Å². The first kappa shape index (κ1) is 15.3. The fraction of sp³-hybridized carbons (Fsp3) is 0.278. The minimum atomic E-state index is -0.109. The Morgan fingerprint density at radius 2 is 1.67 bits per heavy atom. The van der Waals surface area contributed by atoms with Crippen LogP contribution in [0.1, 0.15) is 24.2 Å². The lowest BCUT2D eigenvalue weighted by Gasteiger charge is -2.20. The second-order valence-corrected chi connectivity index (χ2v) is 5.33. The molecule has 0 aliphatic carbocycles. The van der Waals surface area contributed by atoms with Gasteiger partial charge in [-0.15, -0.1) is 0 Å². The van der Waals surface area contributed by atoms with Gasteiger partial charge in [-0.05, 0) is 30.0 Å². The van der Waals surface area contributed by atoms with Gasteiger partial charge in [0.15, 0.2) is 0 Å². The topological polar surface area (TPSA) is 49.3 Å². The highest BCUT2D eigenvalue weighted by atomic mass is 16.3. The molecule has 3 nitrogen and oxygen atoms in total. The van der Waals surface area contributed by atoms with Gasteiger partial charge in [-0.3, -0.25) is 4.79 Å². The lowest BCUT2D eigenvalue weighted by molar-refractivity contribution is 0.0917. The highest BCUT2D eigenvalue weighted by Gasteiger charge is 2.17. The molecular formula is C18H21NO2. The molecule has 2 N–H and O–H groups in total. The number of hydrogen-bond acceptors (Lipinski definition) is 2. The van der Waals surface area contributed by atoms with Gasteiger partial charge in [-0.25, -0.2) is 0 Å². The summed E-state index contributed by atoms with van der Waals surface area (Å²) in [5.41, 5.74) is 2.59. The van der Waals surface area contributed by atoms with Gasteiger partial charge in [-0.2, -0.15) is 0 Å². The number of carbonyl (C=O) groups is 1. The summed E-state index contributed by atoms with van der Waals surface area (Å²) in [6.07, 6.45) is 0. The zero-order valence-electron chi connectivity index (χ0n) is 12.4. The standard InChI is InChI=1S/C18H21NO2/c1-13(12-20)14(2)19-18(21)17-11-7-6-10-16(17)15-8-4-3-5-9-15/h3-11,13-14,20H,12H2,1-2H3,(H,19,21). The summed E-state index contributed by atoms with van der Waals surface area (Å²) in [5, 5.41) is 12.1. The molecule has 2 unspecified atom stereocenters. The van der Waals surface area contributed by atoms with Gasteiger partial charge in [0.25, 0.3) is 5.91 Å². The maximum Gasteiger partial charge on any atom is 0.252 e. The predicted molar refractivity (Wildman–Crippen MR) is 85.1 cm³/mol. The number of benzene rings is 2. The van der Waals surface area contributed by atoms with E-state index in [2.05, 4.69) is 5.32 Å². The first-order valence-electron chi connectivity index (χ1n) is 7.19. The summed E-state index contributed by atoms with van der Waals surface area (Å²) < 4.78 is 0. The molecule has 0 bridgehead atoms. The fourth-order valence-corrected chi connectivity index (χ4v) is 2.14. The van der Waals surface area contributed by atoms with Crippen molar-refractivity contribution in [1.82, 2.24) is 5.32 Å². The zero-order chi connectivity index (χ0) is 15.2. The van der Waals surface area contributed by atoms with Gasteiger partial charge < -0.3 is 10.4 Å². The van der Waals surface area contributed by atoms with E-state index in [1.807, 2.05) is 68.4 Å². The average Bonchev–Trinajstić information content (AvgIpc) is 2.54. The van der Waals surface area contributed by atoms with Gasteiger partial charge in [-0.1, -0.05) is 55.5 Å². The van der Waals surface area contributed by atoms with E-state index in [1.54, 1.807) is 0 Å². The van der Waals surface area contributed by atoms with E-state index in [1.165, 1.54) is 0 Å². The van der Waals surface area contributed by atoms with Gasteiger partial charge in [0, 0.05) is 18.2 Å². The quantitative estimate of drug-likeness (QED) is 0.886. The van der Waals surface area contributed by atoms with Crippen LogP contribution in [0.25, 0.3) is 11.1 Å². The lowest BCUT2D eigenvalue weighted by Crippen LogP contribution is -2.38. The van der Waals surface area contributed by atoms with Crippen molar-refractivity contribution in [1.29, 1.82) is 0 Å². The van der Waals surface area contributed by atoms with E-state index < -0.39 is 0 Å². The molecule has 2 atom stereocenters. The molecule has 21 heavy (non-hydrogen) atoms. The van der Waals surface area contributed by atoms with E-state index in [-0.39, 0.29) is 24.5 Å². The van der Waals surface area contributed by atoms with Crippen molar-refractivity contribution in [3.63, 3.8) is 0 Å². The number of aliphatic hydroxyl groups excluding tert-OH is 1. The maximum atomic E-state index is 12.5. The van der Waals surface area contributed by atoms with Gasteiger partial charge in [0.2, 0.25) is 0 Å². The molecule has 0 aliphatic rings. The van der Waals surface area contributed by atoms with Crippen molar-refractivity contribution in [3.05, 3.63) is 60.2 Å². The molecule has 2 aromatic rings. The third-order valence-corrected chi connectivity index (χ3v) is 3.76. The molecule has 1 amide bonds. The van der Waals surface area contributed by atoms with Crippen LogP contribution in [0.5, 0.6) is 0 Å². The van der Waals surface area contributed by atoms with Crippen molar-refractivity contribution < 1.29 is 9.90 Å². The highest BCUT2D eigenvalue weighted by molar-refractivity contribution is 6.01. The predicted octanol–water partition coefficient (Wildman–Crippen LogP) is 3.10. The SMILES string of the molecule is CC(CO)C(C)NC(=O)c1ccccc1-c1ccccc1. The molecule has 2 aromatic carbocycles. The van der Waals surface area contributed by atoms with Gasteiger partial charge >= 0.3 is 0 Å². The smallest absolute Gasteiger partial charge is 0.252 e. The molecule has 2 rings (SSSR count). The Labute approximate surface area is 125 Å². The van der Waals surface area contributed by atoms with E-state index in [0.29, 0.717) is 5.56 Å². The summed E-state index contributed by atoms with van der Waals surface area (Å²) in [5.74, 6) is -0.0832. The summed E-state index contributed by atoms with van der Waals surface area (Å²) >= 11 is 0. The molecule has 110 valence electrons. The van der Waals surface area contributed by atoms with Crippen molar-refractivity contribution in [2.24, 2.45) is 5.92 Å². The van der Waals surface area contributed by atoms with Crippen LogP contribution in [0.2, 0.25) is 0 Å². The molecular weight excluding hydrogens is 262 g/mol. The third kappa shape index (κ3) is 3.70. The van der Waals surface area contributed by atoms with E-state index in [4.69, 9.17) is 5.11 Å². The summed E-state index contributed by atoms with van der Waals surface area (Å²) in [4.78, 5) is 12.5. The van der Waals surface area contributed by atoms with E-state index >= 15 is 0 Å². The first-order chi connectivity index (χ1) is 10.1. The highest BCUT2D eigenvalue weighted by Crippen LogP contribution is 2.23. The number of rotatable bonds is 5. The van der Waals surface area contributed by atoms with Crippen LogP contribution < -0.4 is 5.32 Å². The molecule has 0 saturated heterocycles. The Kier molecular flexibility index (Phi) is 5.12. The zero-order valence-corrected chi connectivity index (χ0v) is 12.4. The van der Waals surface area contributed by atoms with Crippen molar-refractivity contribution in [2.45, 2.75) is 19.9 Å². The second-order valence-electron chi connectivity index (χ2n) is 5.33. The summed E-state index contributed by atoms with van der Waals surface area (Å²) in [6.45, 7) is 3.87. The Balaban J connectivity index is 2.26. The first-order valence-corrected chi connectivity index (χ1v) is 7.19. The molecule has 0 heterocycles. The third-order valence-electron chi connectivity index (χ3n) is 3.76. The number of hydrogen-bond donors (Lipinski definition) is 2. The van der Waals surface area contributed by atoms with Crippen LogP contribution >= 0.6 is 0 Å². The lowest BCUT2D eigenvalue weighted by atomic mass is 9.98. The Morgan fingerprint density at radius 1 is 1.05 bits per heavy atom. The summed E-state index contributed by atoms with van der Waals surface area (Å²) in [6, 6.07) is 17.3. The monoisotopic (exact) mass is 283 g/mol. The van der Waals surface area contributed by atoms with Crippen LogP contribution in [-0.4, -0.2) is 23.7 Å². The molecule has 3 heteroatoms. The minimum Gasteiger partial charge on any atom is -0.396 e. The van der Waals surface area contributed by atoms with Crippen molar-refractivity contribution in [3.8, 4) is 11.1 Å². The maximum absolute atomic E-state index is 12.5. The molecule has 0 aliphatic heterocycles. The fourth-order valence-electron chi connectivity index (χ4n) is 2.14. The Morgan fingerprint density at radius 3 is 2.33 bits per heavy atom. The average molecular weight is 283 g/mol. The van der Waals surface area contributed by atoms with Crippen molar-refractivity contribution >= 4 is 5.91 Å². The summed E-state index contributed by atoms with van der Waals surface area (Å²) in [7, 11) is 0. The van der Waals surface area contributed by atoms with Crippen LogP contribution in [-0.2, 0) is 0 Å². The van der Waals surface area contributed by atoms with E-state index in [0.717, 1.165) is 11.1 Å². The normalized spacial score (nSPS) is 13.5. The number of nitrogens with one attached hydrogen (secondary N) is 1. The molecule has 0 aromatic heterocycles. The van der Waals surface area contributed by atoms with Gasteiger partial charge in [0.1, 0.15) is 0 Å². The Bertz CT molecular complexity index is 595. The van der Waals surface area contributed by atoms with Crippen LogP contribution in [0, 0.1) is 5.92 Å². The number of carbonyl (C=O) groups excluding carboxylic acids is 1. The number of aliphatic hydroxyl groups is 1. The molecule has 0 fully saturated rings. The molecule has 0 saturated carbocycles. The van der Waals surface area contributed by atoms with Crippen LogP contribution in [0.3, 0.4) is 0 Å².